The zero-order valence-electron chi connectivity index (χ0n) is 26.2. The molecule has 0 radical (unpaired) electrons. The molecule has 3 aromatic rings. The van der Waals surface area contributed by atoms with Gasteiger partial charge in [-0.1, -0.05) is 117 Å². The lowest BCUT2D eigenvalue weighted by molar-refractivity contribution is 0.657. The van der Waals surface area contributed by atoms with Crippen molar-refractivity contribution in [2.45, 2.75) is 73.5 Å². The molecular weight excluding hydrogens is 563 g/mol. The van der Waals surface area contributed by atoms with Gasteiger partial charge in [0.15, 0.2) is 0 Å². The largest absolute Gasteiger partial charge is 0.338 e. The highest BCUT2D eigenvalue weighted by Crippen LogP contribution is 2.55. The van der Waals surface area contributed by atoms with Crippen molar-refractivity contribution in [2.24, 2.45) is 0 Å². The van der Waals surface area contributed by atoms with E-state index in [1.807, 2.05) is 0 Å². The fourth-order valence-corrected chi connectivity index (χ4v) is 10.2. The number of rotatable bonds is 4. The summed E-state index contributed by atoms with van der Waals surface area (Å²) in [7, 11) is 0. The average Bonchev–Trinajstić information content (AvgIpc) is 3.58. The number of thioether (sulfide) groups is 1. The molecule has 0 saturated carbocycles. The molecule has 5 aliphatic carbocycles. The molecule has 6 aliphatic rings. The molecule has 0 N–H and O–H groups in total. The van der Waals surface area contributed by atoms with Crippen LogP contribution in [0.1, 0.15) is 73.3 Å². The van der Waals surface area contributed by atoms with Gasteiger partial charge in [0.2, 0.25) is 0 Å². The highest BCUT2D eigenvalue weighted by Gasteiger charge is 2.40. The molecule has 1 aliphatic heterocycles. The van der Waals surface area contributed by atoms with Gasteiger partial charge in [0.25, 0.3) is 0 Å². The Hall–Kier alpha value is -4.01. The summed E-state index contributed by atoms with van der Waals surface area (Å²) in [5, 5.41) is 0.482. The molecular formula is C43H39NS. The number of anilines is 1. The third-order valence-corrected chi connectivity index (χ3v) is 12.4. The first kappa shape index (κ1) is 27.3. The van der Waals surface area contributed by atoms with Gasteiger partial charge in [-0.2, -0.15) is 0 Å². The number of allylic oxidation sites excluding steroid dienone is 10. The molecule has 9 rings (SSSR count). The van der Waals surface area contributed by atoms with Crippen LogP contribution in [0.2, 0.25) is 0 Å². The summed E-state index contributed by atoms with van der Waals surface area (Å²) in [4.78, 5) is 4.17. The van der Waals surface area contributed by atoms with Gasteiger partial charge < -0.3 is 4.90 Å². The average molecular weight is 602 g/mol. The van der Waals surface area contributed by atoms with E-state index >= 15 is 0 Å². The minimum Gasteiger partial charge on any atom is -0.338 e. The van der Waals surface area contributed by atoms with Crippen molar-refractivity contribution >= 4 is 23.5 Å². The zero-order chi connectivity index (χ0) is 30.1. The second-order valence-corrected chi connectivity index (χ2v) is 15.0. The number of fused-ring (bicyclic) bond motifs is 8. The van der Waals surface area contributed by atoms with Crippen LogP contribution in [0.5, 0.6) is 0 Å². The van der Waals surface area contributed by atoms with E-state index in [9.17, 15) is 0 Å². The molecule has 0 bridgehead atoms. The fourth-order valence-electron chi connectivity index (χ4n) is 8.73. The van der Waals surface area contributed by atoms with E-state index in [4.69, 9.17) is 0 Å². The Morgan fingerprint density at radius 3 is 2.58 bits per heavy atom. The van der Waals surface area contributed by atoms with Gasteiger partial charge in [0, 0.05) is 32.9 Å². The molecule has 45 heavy (non-hydrogen) atoms. The molecule has 3 aromatic carbocycles. The minimum atomic E-state index is -0.0307. The zero-order valence-corrected chi connectivity index (χ0v) is 27.0. The van der Waals surface area contributed by atoms with Crippen molar-refractivity contribution in [2.75, 3.05) is 4.90 Å². The summed E-state index contributed by atoms with van der Waals surface area (Å²) in [5.74, 6) is 0.478. The number of hydrogen-bond donors (Lipinski definition) is 0. The molecule has 0 fully saturated rings. The lowest BCUT2D eigenvalue weighted by Crippen LogP contribution is -2.35. The molecule has 0 spiro atoms. The molecule has 3 atom stereocenters. The molecule has 222 valence electrons. The highest BCUT2D eigenvalue weighted by molar-refractivity contribution is 8.00. The molecule has 0 aromatic heterocycles. The first-order valence-electron chi connectivity index (χ1n) is 16.7. The third kappa shape index (κ3) is 4.22. The van der Waals surface area contributed by atoms with Gasteiger partial charge in [-0.05, 0) is 100 Å². The first-order chi connectivity index (χ1) is 22.1. The monoisotopic (exact) mass is 601 g/mol. The van der Waals surface area contributed by atoms with Crippen LogP contribution in [0.4, 0.5) is 5.69 Å². The van der Waals surface area contributed by atoms with E-state index in [2.05, 4.69) is 152 Å². The van der Waals surface area contributed by atoms with Gasteiger partial charge in [-0.25, -0.2) is 0 Å². The van der Waals surface area contributed by atoms with Crippen molar-refractivity contribution in [1.82, 2.24) is 0 Å². The molecule has 3 unspecified atom stereocenters. The van der Waals surface area contributed by atoms with Crippen LogP contribution >= 0.6 is 11.8 Å². The Labute approximate surface area is 272 Å². The quantitative estimate of drug-likeness (QED) is 0.293. The van der Waals surface area contributed by atoms with Crippen LogP contribution in [-0.4, -0.2) is 11.3 Å². The normalized spacial score (nSPS) is 24.6. The standard InChI is InChI=1S/C43H39NS/c1-43(2)37-21-10-8-18-36(37)41-34-17-7-6-15-32(34)39(27-38(41)43)44(29-13-4-3-5-14-29)30-25-23-28(24-26-30)31-19-12-20-35-33-16-9-11-22-40(33)45-42(31)35/h3-5,7-13,16-23,25,27,29,35,42H,6,14-15,24,26H2,1-2H3. The number of benzene rings is 3. The van der Waals surface area contributed by atoms with Crippen molar-refractivity contribution < 1.29 is 0 Å². The summed E-state index contributed by atoms with van der Waals surface area (Å²) in [5.41, 5.74) is 16.1. The van der Waals surface area contributed by atoms with Crippen molar-refractivity contribution in [1.29, 1.82) is 0 Å². The Morgan fingerprint density at radius 1 is 0.822 bits per heavy atom. The van der Waals surface area contributed by atoms with E-state index in [0.29, 0.717) is 17.2 Å². The Morgan fingerprint density at radius 2 is 1.71 bits per heavy atom. The van der Waals surface area contributed by atoms with E-state index in [0.717, 1.165) is 32.1 Å². The van der Waals surface area contributed by atoms with Crippen molar-refractivity contribution in [3.63, 3.8) is 0 Å². The third-order valence-electron chi connectivity index (χ3n) is 11.0. The lowest BCUT2D eigenvalue weighted by Gasteiger charge is -2.39. The molecule has 0 saturated heterocycles. The van der Waals surface area contributed by atoms with Gasteiger partial charge in [-0.15, -0.1) is 11.8 Å². The van der Waals surface area contributed by atoms with E-state index in [1.54, 1.807) is 0 Å². The molecule has 2 heteroatoms. The predicted octanol–water partition coefficient (Wildman–Crippen LogP) is 11.0. The van der Waals surface area contributed by atoms with Crippen LogP contribution in [0, 0.1) is 0 Å². The molecule has 1 nitrogen and oxygen atoms in total. The molecule has 0 amide bonds. The van der Waals surface area contributed by atoms with Gasteiger partial charge >= 0.3 is 0 Å². The Kier molecular flexibility index (Phi) is 6.39. The Bertz CT molecular complexity index is 1960. The second-order valence-electron chi connectivity index (χ2n) is 13.8. The number of nitrogens with zero attached hydrogens (tertiary/aromatic N) is 1. The first-order valence-corrected chi connectivity index (χ1v) is 17.6. The number of hydrogen-bond acceptors (Lipinski definition) is 2. The topological polar surface area (TPSA) is 3.24 Å². The van der Waals surface area contributed by atoms with Crippen LogP contribution in [-0.2, 0) is 11.8 Å². The van der Waals surface area contributed by atoms with E-state index < -0.39 is 0 Å². The van der Waals surface area contributed by atoms with Crippen LogP contribution < -0.4 is 4.90 Å². The predicted molar refractivity (Wildman–Crippen MR) is 192 cm³/mol. The van der Waals surface area contributed by atoms with Gasteiger partial charge in [-0.3, -0.25) is 0 Å². The Balaban J connectivity index is 1.15. The van der Waals surface area contributed by atoms with Crippen LogP contribution in [0.15, 0.2) is 137 Å². The van der Waals surface area contributed by atoms with E-state index in [-0.39, 0.29) is 5.41 Å². The van der Waals surface area contributed by atoms with Crippen molar-refractivity contribution in [3.05, 3.63) is 160 Å². The smallest absolute Gasteiger partial charge is 0.0556 e. The SMILES string of the molecule is CC1(C)c2ccccc2-c2c1cc(N(C1=CC=C(C3=CC=CC4c5ccccc5SC34)CC1)C1C=CC=CC1)c1c2C=CCC1. The summed E-state index contributed by atoms with van der Waals surface area (Å²) < 4.78 is 0. The maximum Gasteiger partial charge on any atom is 0.0556 e. The highest BCUT2D eigenvalue weighted by atomic mass is 32.2. The van der Waals surface area contributed by atoms with Gasteiger partial charge in [0.05, 0.1) is 6.04 Å². The summed E-state index contributed by atoms with van der Waals surface area (Å²) in [6, 6.07) is 21.0. The fraction of sp³-hybridized carbons (Fsp3) is 0.256. The van der Waals surface area contributed by atoms with Gasteiger partial charge in [0.1, 0.15) is 0 Å². The van der Waals surface area contributed by atoms with Crippen LogP contribution in [0.25, 0.3) is 17.2 Å². The summed E-state index contributed by atoms with van der Waals surface area (Å²) >= 11 is 2.06. The van der Waals surface area contributed by atoms with Crippen LogP contribution in [0.3, 0.4) is 0 Å². The lowest BCUT2D eigenvalue weighted by atomic mass is 9.79. The molecule has 1 heterocycles. The summed E-state index contributed by atoms with van der Waals surface area (Å²) in [6.45, 7) is 4.84. The maximum absolute atomic E-state index is 2.72. The second kappa shape index (κ2) is 10.5. The summed E-state index contributed by atoms with van der Waals surface area (Å²) in [6.07, 6.45) is 31.4. The van der Waals surface area contributed by atoms with E-state index in [1.165, 1.54) is 66.4 Å². The van der Waals surface area contributed by atoms with Crippen molar-refractivity contribution in [3.8, 4) is 11.1 Å². The maximum atomic E-state index is 2.72. The minimum absolute atomic E-state index is 0.0307.